The Balaban J connectivity index is 1.82. The van der Waals surface area contributed by atoms with Crippen molar-refractivity contribution in [2.75, 3.05) is 4.90 Å². The molecule has 1 aromatic heterocycles. The highest BCUT2D eigenvalue weighted by atomic mass is 19.1. The summed E-state index contributed by atoms with van der Waals surface area (Å²) < 4.78 is 18.4. The summed E-state index contributed by atoms with van der Waals surface area (Å²) in [6, 6.07) is 3.23. The number of nitrogens with zero attached hydrogens (tertiary/aromatic N) is 5. The van der Waals surface area contributed by atoms with Crippen molar-refractivity contribution in [1.82, 2.24) is 10.1 Å². The maximum Gasteiger partial charge on any atom is 0.306 e. The lowest BCUT2D eigenvalue weighted by molar-refractivity contribution is -0.387. The Bertz CT molecular complexity index is 765. The number of hydrogen-bond donors (Lipinski definition) is 0. The first-order chi connectivity index (χ1) is 10.6. The van der Waals surface area contributed by atoms with Crippen LogP contribution in [0.25, 0.3) is 0 Å². The fourth-order valence-corrected chi connectivity index (χ4v) is 1.96. The molecular weight excluding hydrogens is 293 g/mol. The van der Waals surface area contributed by atoms with E-state index in [2.05, 4.69) is 10.1 Å². The first kappa shape index (κ1) is 13.9. The first-order valence-electron chi connectivity index (χ1n) is 6.52. The molecular formula is C13H10FN5O3. The van der Waals surface area contributed by atoms with Gasteiger partial charge in [-0.3, -0.25) is 15.0 Å². The van der Waals surface area contributed by atoms with Gasteiger partial charge in [-0.05, 0) is 25.0 Å². The number of anilines is 1. The Hall–Kier alpha value is -3.02. The predicted octanol–water partition coefficient (Wildman–Crippen LogP) is 2.48. The minimum Gasteiger partial charge on any atom is -0.339 e. The number of halogens is 1. The third-order valence-electron chi connectivity index (χ3n) is 3.27. The molecule has 1 heterocycles. The molecule has 0 bridgehead atoms. The topological polar surface area (TPSA) is 109 Å². The summed E-state index contributed by atoms with van der Waals surface area (Å²) in [4.78, 5) is 15.2. The molecule has 1 saturated carbocycles. The number of nitriles is 1. The van der Waals surface area contributed by atoms with Gasteiger partial charge >= 0.3 is 5.69 Å². The monoisotopic (exact) mass is 303 g/mol. The summed E-state index contributed by atoms with van der Waals surface area (Å²) in [5.74, 6) is 0.180. The van der Waals surface area contributed by atoms with Crippen molar-refractivity contribution < 1.29 is 13.8 Å². The quantitative estimate of drug-likeness (QED) is 0.361. The standard InChI is InChI=1S/C13H10FN5O3/c14-10-4-3-9(5-11(10)19(20)21)18(7-15)6-12-16-13(22-17-12)8-1-2-8/h3-5,8H,1-2,6H2. The zero-order chi connectivity index (χ0) is 15.7. The van der Waals surface area contributed by atoms with Gasteiger partial charge in [-0.25, -0.2) is 0 Å². The summed E-state index contributed by atoms with van der Waals surface area (Å²) in [6.07, 6.45) is 3.89. The van der Waals surface area contributed by atoms with Crippen molar-refractivity contribution in [3.63, 3.8) is 0 Å². The summed E-state index contributed by atoms with van der Waals surface area (Å²) in [6.45, 7) is -0.00446. The van der Waals surface area contributed by atoms with Crippen LogP contribution in [0.5, 0.6) is 0 Å². The van der Waals surface area contributed by atoms with Gasteiger partial charge in [0.2, 0.25) is 11.7 Å². The van der Waals surface area contributed by atoms with Gasteiger partial charge in [0.05, 0.1) is 17.2 Å². The van der Waals surface area contributed by atoms with Gasteiger partial charge < -0.3 is 4.52 Å². The molecule has 1 aliphatic rings. The fourth-order valence-electron chi connectivity index (χ4n) is 1.96. The van der Waals surface area contributed by atoms with E-state index in [1.807, 2.05) is 6.19 Å². The van der Waals surface area contributed by atoms with Gasteiger partial charge in [-0.15, -0.1) is 0 Å². The molecule has 0 radical (unpaired) electrons. The highest BCUT2D eigenvalue weighted by Gasteiger charge is 2.30. The average molecular weight is 303 g/mol. The van der Waals surface area contributed by atoms with Gasteiger partial charge in [0.25, 0.3) is 0 Å². The van der Waals surface area contributed by atoms with E-state index in [0.29, 0.717) is 17.6 Å². The third-order valence-corrected chi connectivity index (χ3v) is 3.27. The van der Waals surface area contributed by atoms with Crippen LogP contribution >= 0.6 is 0 Å². The molecule has 1 aliphatic carbocycles. The summed E-state index contributed by atoms with van der Waals surface area (Å²) in [5.41, 5.74) is -0.502. The molecule has 1 fully saturated rings. The number of benzene rings is 1. The molecule has 0 unspecified atom stereocenters. The molecule has 0 spiro atoms. The van der Waals surface area contributed by atoms with Crippen LogP contribution in [-0.4, -0.2) is 15.1 Å². The molecule has 1 aromatic carbocycles. The molecule has 22 heavy (non-hydrogen) atoms. The van der Waals surface area contributed by atoms with Gasteiger partial charge in [-0.1, -0.05) is 5.16 Å². The van der Waals surface area contributed by atoms with Crippen LogP contribution in [0.4, 0.5) is 15.8 Å². The van der Waals surface area contributed by atoms with Crippen LogP contribution < -0.4 is 4.90 Å². The minimum atomic E-state index is -0.956. The molecule has 9 heteroatoms. The Morgan fingerprint density at radius 3 is 2.95 bits per heavy atom. The van der Waals surface area contributed by atoms with E-state index >= 15 is 0 Å². The number of nitro benzene ring substituents is 1. The Kier molecular flexibility index (Phi) is 3.42. The molecule has 0 saturated heterocycles. The number of hydrogen-bond acceptors (Lipinski definition) is 7. The second-order valence-corrected chi connectivity index (χ2v) is 4.90. The molecule has 2 aromatic rings. The highest BCUT2D eigenvalue weighted by molar-refractivity contribution is 5.56. The molecule has 112 valence electrons. The summed E-state index contributed by atoms with van der Waals surface area (Å²) in [5, 5.41) is 23.7. The van der Waals surface area contributed by atoms with Crippen molar-refractivity contribution in [3.05, 3.63) is 45.8 Å². The maximum absolute atomic E-state index is 13.3. The zero-order valence-electron chi connectivity index (χ0n) is 11.3. The molecule has 0 N–H and O–H groups in total. The predicted molar refractivity (Wildman–Crippen MR) is 71.1 cm³/mol. The maximum atomic E-state index is 13.3. The van der Waals surface area contributed by atoms with E-state index in [1.165, 1.54) is 6.07 Å². The van der Waals surface area contributed by atoms with Crippen LogP contribution in [0.1, 0.15) is 30.5 Å². The molecule has 3 rings (SSSR count). The lowest BCUT2D eigenvalue weighted by Gasteiger charge is -2.13. The minimum absolute atomic E-state index is 0.00446. The van der Waals surface area contributed by atoms with Crippen LogP contribution in [0.15, 0.2) is 22.7 Å². The van der Waals surface area contributed by atoms with Gasteiger partial charge in [0.15, 0.2) is 12.0 Å². The molecule has 0 amide bonds. The summed E-state index contributed by atoms with van der Waals surface area (Å²) >= 11 is 0. The van der Waals surface area contributed by atoms with Crippen molar-refractivity contribution >= 4 is 11.4 Å². The SMILES string of the molecule is N#CN(Cc1noc(C2CC2)n1)c1ccc(F)c([N+](=O)[O-])c1. The average Bonchev–Trinajstić information content (AvgIpc) is 3.25. The Morgan fingerprint density at radius 1 is 1.55 bits per heavy atom. The smallest absolute Gasteiger partial charge is 0.306 e. The third kappa shape index (κ3) is 2.71. The first-order valence-corrected chi connectivity index (χ1v) is 6.52. The Morgan fingerprint density at radius 2 is 2.32 bits per heavy atom. The van der Waals surface area contributed by atoms with E-state index in [9.17, 15) is 19.8 Å². The molecule has 8 nitrogen and oxygen atoms in total. The van der Waals surface area contributed by atoms with Crippen molar-refractivity contribution in [1.29, 1.82) is 5.26 Å². The van der Waals surface area contributed by atoms with Gasteiger partial charge in [-0.2, -0.15) is 14.6 Å². The van der Waals surface area contributed by atoms with Crippen LogP contribution in [0.3, 0.4) is 0 Å². The Labute approximate surface area is 123 Å². The fraction of sp³-hybridized carbons (Fsp3) is 0.308. The van der Waals surface area contributed by atoms with E-state index in [-0.39, 0.29) is 12.2 Å². The van der Waals surface area contributed by atoms with E-state index < -0.39 is 16.4 Å². The lowest BCUT2D eigenvalue weighted by atomic mass is 10.2. The summed E-state index contributed by atoms with van der Waals surface area (Å²) in [7, 11) is 0. The second kappa shape index (κ2) is 5.40. The van der Waals surface area contributed by atoms with Crippen LogP contribution in [0.2, 0.25) is 0 Å². The largest absolute Gasteiger partial charge is 0.339 e. The van der Waals surface area contributed by atoms with Crippen LogP contribution in [0, 0.1) is 27.4 Å². The zero-order valence-corrected chi connectivity index (χ0v) is 11.3. The molecule has 0 atom stereocenters. The van der Waals surface area contributed by atoms with Crippen LogP contribution in [-0.2, 0) is 6.54 Å². The van der Waals surface area contributed by atoms with E-state index in [4.69, 9.17) is 4.52 Å². The van der Waals surface area contributed by atoms with Crippen molar-refractivity contribution in [2.45, 2.75) is 25.3 Å². The van der Waals surface area contributed by atoms with Gasteiger partial charge in [0.1, 0.15) is 0 Å². The molecule has 0 aliphatic heterocycles. The number of nitro groups is 1. The number of rotatable bonds is 5. The highest BCUT2D eigenvalue weighted by Crippen LogP contribution is 2.38. The van der Waals surface area contributed by atoms with E-state index in [1.54, 1.807) is 0 Å². The van der Waals surface area contributed by atoms with E-state index in [0.717, 1.165) is 29.9 Å². The van der Waals surface area contributed by atoms with Crippen molar-refractivity contribution in [3.8, 4) is 6.19 Å². The number of aromatic nitrogens is 2. The lowest BCUT2D eigenvalue weighted by Crippen LogP contribution is -2.17. The second-order valence-electron chi connectivity index (χ2n) is 4.90. The van der Waals surface area contributed by atoms with Gasteiger partial charge in [0, 0.05) is 12.0 Å². The van der Waals surface area contributed by atoms with Crippen molar-refractivity contribution in [2.24, 2.45) is 0 Å². The normalized spacial score (nSPS) is 13.6.